The van der Waals surface area contributed by atoms with Crippen LogP contribution in [-0.4, -0.2) is 65.0 Å². The van der Waals surface area contributed by atoms with Crippen LogP contribution in [0.5, 0.6) is 0 Å². The maximum atomic E-state index is 12.3. The van der Waals surface area contributed by atoms with Gasteiger partial charge in [0.2, 0.25) is 0 Å². The predicted molar refractivity (Wildman–Crippen MR) is 166 cm³/mol. The van der Waals surface area contributed by atoms with Gasteiger partial charge in [0.1, 0.15) is 47.7 Å². The van der Waals surface area contributed by atoms with Gasteiger partial charge < -0.3 is 15.2 Å². The molecular weight excluding hydrogens is 594 g/mol. The van der Waals surface area contributed by atoms with Crippen molar-refractivity contribution in [3.63, 3.8) is 0 Å². The number of nitrogens with one attached hydrogen (secondary N) is 1. The SMILES string of the molecule is O=C(O)CC(=O)CCC(=O)CCC(=O)CCC(=O)CCC(=O)CCC(=O)CCNC(=O)OCC1c2ccccc2-c2ccccc21. The van der Waals surface area contributed by atoms with Crippen LogP contribution in [0.15, 0.2) is 48.5 Å². The molecule has 0 bridgehead atoms. The number of hydrogen-bond acceptors (Lipinski definition) is 9. The lowest BCUT2D eigenvalue weighted by atomic mass is 9.98. The molecule has 0 aliphatic heterocycles. The summed E-state index contributed by atoms with van der Waals surface area (Å²) in [6.45, 7) is 0.236. The van der Waals surface area contributed by atoms with Crippen LogP contribution in [0.25, 0.3) is 11.1 Å². The highest BCUT2D eigenvalue weighted by atomic mass is 16.5. The van der Waals surface area contributed by atoms with Gasteiger partial charge in [-0.15, -0.1) is 0 Å². The van der Waals surface area contributed by atoms with Crippen LogP contribution in [-0.2, 0) is 38.3 Å². The van der Waals surface area contributed by atoms with E-state index in [9.17, 15) is 38.4 Å². The maximum Gasteiger partial charge on any atom is 0.407 e. The van der Waals surface area contributed by atoms with Crippen molar-refractivity contribution in [3.05, 3.63) is 59.7 Å². The monoisotopic (exact) mass is 633 g/mol. The van der Waals surface area contributed by atoms with Crippen LogP contribution >= 0.6 is 0 Å². The Morgan fingerprint density at radius 2 is 0.913 bits per heavy atom. The van der Waals surface area contributed by atoms with Crippen molar-refractivity contribution in [2.75, 3.05) is 13.2 Å². The van der Waals surface area contributed by atoms with E-state index in [2.05, 4.69) is 5.32 Å². The predicted octanol–water partition coefficient (Wildman–Crippen LogP) is 4.71. The molecule has 2 N–H and O–H groups in total. The number of ether oxygens (including phenoxy) is 1. The number of fused-ring (bicyclic) bond motifs is 3. The fraction of sp³-hybridized carbons (Fsp3) is 0.429. The number of carboxylic acids is 1. The molecule has 2 aromatic carbocycles. The lowest BCUT2D eigenvalue weighted by molar-refractivity contribution is -0.140. The smallest absolute Gasteiger partial charge is 0.407 e. The molecule has 0 atom stereocenters. The molecule has 0 heterocycles. The van der Waals surface area contributed by atoms with Gasteiger partial charge in [-0.05, 0) is 22.3 Å². The van der Waals surface area contributed by atoms with Gasteiger partial charge in [0, 0.05) is 83.1 Å². The van der Waals surface area contributed by atoms with Crippen molar-refractivity contribution in [2.45, 2.75) is 83.0 Å². The molecule has 0 fully saturated rings. The van der Waals surface area contributed by atoms with Gasteiger partial charge in [-0.2, -0.15) is 0 Å². The second kappa shape index (κ2) is 18.2. The number of ketones is 6. The molecule has 0 spiro atoms. The molecule has 2 aromatic rings. The fourth-order valence-electron chi connectivity index (χ4n) is 5.23. The summed E-state index contributed by atoms with van der Waals surface area (Å²) in [5.74, 6) is -3.23. The lowest BCUT2D eigenvalue weighted by Gasteiger charge is -2.14. The van der Waals surface area contributed by atoms with Crippen LogP contribution < -0.4 is 5.32 Å². The van der Waals surface area contributed by atoms with Crippen LogP contribution in [0.4, 0.5) is 4.79 Å². The molecule has 1 amide bonds. The molecule has 1 aliphatic rings. The number of carboxylic acid groups (broad SMARTS) is 1. The fourth-order valence-corrected chi connectivity index (χ4v) is 5.23. The zero-order chi connectivity index (χ0) is 33.5. The summed E-state index contributed by atoms with van der Waals surface area (Å²) in [7, 11) is 0. The molecular formula is C35H39NO10. The third kappa shape index (κ3) is 11.9. The van der Waals surface area contributed by atoms with Gasteiger partial charge >= 0.3 is 12.1 Å². The summed E-state index contributed by atoms with van der Waals surface area (Å²) in [6, 6.07) is 16.0. The van der Waals surface area contributed by atoms with Gasteiger partial charge in [-0.25, -0.2) is 4.79 Å². The van der Waals surface area contributed by atoms with E-state index in [1.165, 1.54) is 0 Å². The van der Waals surface area contributed by atoms with E-state index in [0.29, 0.717) is 0 Å². The Morgan fingerprint density at radius 1 is 0.543 bits per heavy atom. The van der Waals surface area contributed by atoms with E-state index in [4.69, 9.17) is 9.84 Å². The zero-order valence-electron chi connectivity index (χ0n) is 25.7. The van der Waals surface area contributed by atoms with Crippen LogP contribution in [0.1, 0.15) is 94.1 Å². The minimum atomic E-state index is -1.26. The zero-order valence-corrected chi connectivity index (χ0v) is 25.7. The Labute approximate surface area is 267 Å². The second-order valence-corrected chi connectivity index (χ2v) is 11.3. The minimum absolute atomic E-state index is 0.00614. The lowest BCUT2D eigenvalue weighted by Crippen LogP contribution is -2.28. The van der Waals surface area contributed by atoms with E-state index in [-0.39, 0.29) is 119 Å². The standard InChI is InChI=1S/C35H39NO10/c37-23(9-10-24(38)13-14-26(40)17-18-28(42)21-34(43)44)11-12-25(39)15-16-27(41)19-20-36-35(45)46-22-33-31-7-3-1-5-29(31)30-6-2-4-8-32(30)33/h1-8,33H,9-22H2,(H,36,45)(H,43,44). The number of aliphatic carboxylic acids is 1. The third-order valence-corrected chi connectivity index (χ3v) is 7.78. The van der Waals surface area contributed by atoms with Gasteiger partial charge in [-0.3, -0.25) is 33.6 Å². The normalized spacial score (nSPS) is 11.7. The van der Waals surface area contributed by atoms with E-state index < -0.39 is 24.3 Å². The summed E-state index contributed by atoms with van der Waals surface area (Å²) in [6.07, 6.45) is -1.93. The summed E-state index contributed by atoms with van der Waals surface area (Å²) in [5.41, 5.74) is 4.44. The highest BCUT2D eigenvalue weighted by Gasteiger charge is 2.29. The molecule has 3 rings (SSSR count). The molecule has 0 radical (unpaired) electrons. The number of alkyl carbamates (subject to hydrolysis) is 1. The molecule has 244 valence electrons. The number of amides is 1. The van der Waals surface area contributed by atoms with Crippen LogP contribution in [0.3, 0.4) is 0 Å². The first kappa shape index (κ1) is 35.7. The quantitative estimate of drug-likeness (QED) is 0.173. The number of rotatable bonds is 22. The topological polar surface area (TPSA) is 178 Å². The first-order chi connectivity index (χ1) is 22.0. The van der Waals surface area contributed by atoms with Gasteiger partial charge in [0.05, 0.1) is 0 Å². The van der Waals surface area contributed by atoms with Crippen molar-refractivity contribution in [1.29, 1.82) is 0 Å². The Morgan fingerprint density at radius 3 is 1.33 bits per heavy atom. The number of Topliss-reactive ketones (excluding diaryl/α,β-unsaturated/α-hetero) is 6. The Bertz CT molecular complexity index is 1430. The number of hydrogen-bond donors (Lipinski definition) is 2. The number of carbonyl (C=O) groups is 8. The van der Waals surface area contributed by atoms with Crippen molar-refractivity contribution >= 4 is 46.8 Å². The minimum Gasteiger partial charge on any atom is -0.481 e. The van der Waals surface area contributed by atoms with E-state index in [1.54, 1.807) is 0 Å². The molecule has 1 aliphatic carbocycles. The highest BCUT2D eigenvalue weighted by molar-refractivity contribution is 5.97. The Balaban J connectivity index is 1.22. The average molecular weight is 634 g/mol. The van der Waals surface area contributed by atoms with Crippen molar-refractivity contribution in [1.82, 2.24) is 5.32 Å². The summed E-state index contributed by atoms with van der Waals surface area (Å²) >= 11 is 0. The Kier molecular flexibility index (Phi) is 14.1. The largest absolute Gasteiger partial charge is 0.481 e. The average Bonchev–Trinajstić information content (AvgIpc) is 3.35. The van der Waals surface area contributed by atoms with Gasteiger partial charge in [0.15, 0.2) is 0 Å². The molecule has 46 heavy (non-hydrogen) atoms. The van der Waals surface area contributed by atoms with Crippen molar-refractivity contribution in [2.24, 2.45) is 0 Å². The number of benzene rings is 2. The molecule has 0 saturated carbocycles. The summed E-state index contributed by atoms with van der Waals surface area (Å²) in [4.78, 5) is 94.3. The van der Waals surface area contributed by atoms with Crippen molar-refractivity contribution in [3.8, 4) is 11.1 Å². The van der Waals surface area contributed by atoms with E-state index >= 15 is 0 Å². The maximum absolute atomic E-state index is 12.3. The van der Waals surface area contributed by atoms with E-state index in [1.807, 2.05) is 48.5 Å². The summed E-state index contributed by atoms with van der Waals surface area (Å²) < 4.78 is 5.45. The van der Waals surface area contributed by atoms with Gasteiger partial charge in [-0.1, -0.05) is 48.5 Å². The molecule has 0 saturated heterocycles. The van der Waals surface area contributed by atoms with E-state index in [0.717, 1.165) is 22.3 Å². The third-order valence-electron chi connectivity index (χ3n) is 7.78. The second-order valence-electron chi connectivity index (χ2n) is 11.3. The summed E-state index contributed by atoms with van der Waals surface area (Å²) in [5, 5.41) is 11.1. The van der Waals surface area contributed by atoms with Crippen molar-refractivity contribution < 1.29 is 48.2 Å². The first-order valence-electron chi connectivity index (χ1n) is 15.4. The number of carbonyl (C=O) groups excluding carboxylic acids is 7. The Hall–Kier alpha value is -4.80. The first-order valence-corrected chi connectivity index (χ1v) is 15.4. The molecule has 11 nitrogen and oxygen atoms in total. The van der Waals surface area contributed by atoms with Crippen LogP contribution in [0, 0.1) is 0 Å². The molecule has 0 aromatic heterocycles. The molecule has 0 unspecified atom stereocenters. The van der Waals surface area contributed by atoms with Crippen LogP contribution in [0.2, 0.25) is 0 Å². The highest BCUT2D eigenvalue weighted by Crippen LogP contribution is 2.44. The van der Waals surface area contributed by atoms with Gasteiger partial charge in [0.25, 0.3) is 0 Å². The molecule has 11 heteroatoms.